The summed E-state index contributed by atoms with van der Waals surface area (Å²) in [6, 6.07) is 25.5. The minimum atomic E-state index is -3.52. The molecule has 0 aromatic heterocycles. The number of nitrogens with zero attached hydrogens (tertiary/aromatic N) is 1. The van der Waals surface area contributed by atoms with Gasteiger partial charge in [-0.3, -0.25) is 4.79 Å². The fourth-order valence-corrected chi connectivity index (χ4v) is 5.91. The zero-order chi connectivity index (χ0) is 24.8. The molecular weight excluding hydrogens is 478 g/mol. The van der Waals surface area contributed by atoms with Gasteiger partial charge < -0.3 is 10.6 Å². The first-order valence-corrected chi connectivity index (χ1v) is 13.5. The number of benzene rings is 3. The number of carbonyl (C=O) groups excluding carboxylic acids is 1. The standard InChI is InChI=1S/C27H29N3O3S2/c1-20-16-18-30(19-17-20)35(32,33)24-14-12-23(13-15-24)28-27(34)29-26(31)25(21-8-4-2-5-9-21)22-10-6-3-7-11-22/h2-15,20,25H,16-19H2,1H3,(H2,28,29,31,34). The zero-order valence-corrected chi connectivity index (χ0v) is 21.2. The normalized spacial score (nSPS) is 15.0. The average molecular weight is 508 g/mol. The molecule has 0 unspecified atom stereocenters. The largest absolute Gasteiger partial charge is 0.332 e. The molecule has 1 fully saturated rings. The highest BCUT2D eigenvalue weighted by Crippen LogP contribution is 2.26. The SMILES string of the molecule is CC1CCN(S(=O)(=O)c2ccc(NC(=S)NC(=O)C(c3ccccc3)c3ccccc3)cc2)CC1. The van der Waals surface area contributed by atoms with Gasteiger partial charge in [0.15, 0.2) is 5.11 Å². The van der Waals surface area contributed by atoms with Crippen molar-refractivity contribution < 1.29 is 13.2 Å². The Labute approximate surface area is 212 Å². The van der Waals surface area contributed by atoms with Gasteiger partial charge in [-0.1, -0.05) is 67.6 Å². The molecule has 0 bridgehead atoms. The smallest absolute Gasteiger partial charge is 0.243 e. The number of hydrogen-bond donors (Lipinski definition) is 2. The van der Waals surface area contributed by atoms with Crippen LogP contribution in [0, 0.1) is 5.92 Å². The molecule has 1 aliphatic heterocycles. The second kappa shape index (κ2) is 11.1. The molecule has 0 radical (unpaired) electrons. The number of nitrogens with one attached hydrogen (secondary N) is 2. The Hall–Kier alpha value is -3.07. The summed E-state index contributed by atoms with van der Waals surface area (Å²) in [5.74, 6) is -0.219. The Balaban J connectivity index is 1.42. The molecule has 4 rings (SSSR count). The fourth-order valence-electron chi connectivity index (χ4n) is 4.22. The maximum Gasteiger partial charge on any atom is 0.243 e. The lowest BCUT2D eigenvalue weighted by atomic mass is 9.90. The molecule has 3 aromatic carbocycles. The summed E-state index contributed by atoms with van der Waals surface area (Å²) in [4.78, 5) is 13.5. The Morgan fingerprint density at radius 2 is 1.40 bits per heavy atom. The summed E-state index contributed by atoms with van der Waals surface area (Å²) in [5, 5.41) is 5.91. The van der Waals surface area contributed by atoms with Gasteiger partial charge in [-0.05, 0) is 66.4 Å². The summed E-state index contributed by atoms with van der Waals surface area (Å²) in [5.41, 5.74) is 2.32. The molecule has 8 heteroatoms. The van der Waals surface area contributed by atoms with Crippen LogP contribution in [-0.2, 0) is 14.8 Å². The van der Waals surface area contributed by atoms with Crippen molar-refractivity contribution >= 4 is 38.9 Å². The van der Waals surface area contributed by atoms with E-state index in [0.717, 1.165) is 24.0 Å². The van der Waals surface area contributed by atoms with Crippen molar-refractivity contribution in [3.63, 3.8) is 0 Å². The molecule has 0 aliphatic carbocycles. The second-order valence-corrected chi connectivity index (χ2v) is 11.2. The van der Waals surface area contributed by atoms with Gasteiger partial charge in [0.2, 0.25) is 15.9 Å². The number of sulfonamides is 1. The zero-order valence-electron chi connectivity index (χ0n) is 19.6. The Kier molecular flexibility index (Phi) is 7.95. The van der Waals surface area contributed by atoms with Crippen molar-refractivity contribution in [1.82, 2.24) is 9.62 Å². The van der Waals surface area contributed by atoms with E-state index in [1.165, 1.54) is 0 Å². The highest BCUT2D eigenvalue weighted by atomic mass is 32.2. The van der Waals surface area contributed by atoms with Gasteiger partial charge in [-0.2, -0.15) is 4.31 Å². The first-order chi connectivity index (χ1) is 16.8. The molecule has 2 N–H and O–H groups in total. The number of hydrogen-bond acceptors (Lipinski definition) is 4. The van der Waals surface area contributed by atoms with Gasteiger partial charge in [-0.15, -0.1) is 0 Å². The molecule has 1 heterocycles. The quantitative estimate of drug-likeness (QED) is 0.471. The molecular formula is C27H29N3O3S2. The molecule has 35 heavy (non-hydrogen) atoms. The van der Waals surface area contributed by atoms with Crippen LogP contribution in [0.25, 0.3) is 0 Å². The summed E-state index contributed by atoms with van der Waals surface area (Å²) in [6.45, 7) is 3.24. The van der Waals surface area contributed by atoms with Crippen LogP contribution in [0.3, 0.4) is 0 Å². The van der Waals surface area contributed by atoms with Gasteiger partial charge in [0.05, 0.1) is 10.8 Å². The van der Waals surface area contributed by atoms with Crippen molar-refractivity contribution in [2.45, 2.75) is 30.6 Å². The Bertz CT molecular complexity index is 1220. The van der Waals surface area contributed by atoms with Gasteiger partial charge in [0.25, 0.3) is 0 Å². The van der Waals surface area contributed by atoms with Crippen LogP contribution in [0.5, 0.6) is 0 Å². The lowest BCUT2D eigenvalue weighted by molar-refractivity contribution is -0.120. The van der Waals surface area contributed by atoms with Crippen molar-refractivity contribution in [3.8, 4) is 0 Å². The first-order valence-electron chi connectivity index (χ1n) is 11.7. The van der Waals surface area contributed by atoms with Gasteiger partial charge >= 0.3 is 0 Å². The van der Waals surface area contributed by atoms with E-state index in [1.54, 1.807) is 28.6 Å². The fraction of sp³-hybridized carbons (Fsp3) is 0.259. The van der Waals surface area contributed by atoms with Crippen molar-refractivity contribution in [1.29, 1.82) is 0 Å². The molecule has 6 nitrogen and oxygen atoms in total. The van der Waals surface area contributed by atoms with E-state index in [4.69, 9.17) is 12.2 Å². The molecule has 182 valence electrons. The van der Waals surface area contributed by atoms with Crippen LogP contribution in [0.15, 0.2) is 89.8 Å². The number of amides is 1. The lowest BCUT2D eigenvalue weighted by Crippen LogP contribution is -2.38. The topological polar surface area (TPSA) is 78.5 Å². The third-order valence-corrected chi connectivity index (χ3v) is 8.37. The van der Waals surface area contributed by atoms with Crippen molar-refractivity contribution in [2.24, 2.45) is 5.92 Å². The summed E-state index contributed by atoms with van der Waals surface area (Å²) in [7, 11) is -3.52. The van der Waals surface area contributed by atoms with Crippen LogP contribution in [-0.4, -0.2) is 36.8 Å². The summed E-state index contributed by atoms with van der Waals surface area (Å²) >= 11 is 5.38. The third kappa shape index (κ3) is 6.14. The maximum atomic E-state index is 13.2. The average Bonchev–Trinajstić information content (AvgIpc) is 2.86. The van der Waals surface area contributed by atoms with E-state index in [9.17, 15) is 13.2 Å². The number of carbonyl (C=O) groups is 1. The van der Waals surface area contributed by atoms with Crippen LogP contribution < -0.4 is 10.6 Å². The number of rotatable bonds is 6. The van der Waals surface area contributed by atoms with Crippen LogP contribution >= 0.6 is 12.2 Å². The minimum absolute atomic E-state index is 0.146. The lowest BCUT2D eigenvalue weighted by Gasteiger charge is -2.29. The molecule has 3 aromatic rings. The molecule has 1 amide bonds. The first kappa shape index (κ1) is 25.0. The van der Waals surface area contributed by atoms with Gasteiger partial charge in [0.1, 0.15) is 0 Å². The summed E-state index contributed by atoms with van der Waals surface area (Å²) in [6.07, 6.45) is 1.75. The van der Waals surface area contributed by atoms with E-state index >= 15 is 0 Å². The number of thiocarbonyl (C=S) groups is 1. The van der Waals surface area contributed by atoms with Crippen LogP contribution in [0.4, 0.5) is 5.69 Å². The molecule has 1 aliphatic rings. The van der Waals surface area contributed by atoms with E-state index in [2.05, 4.69) is 17.6 Å². The summed E-state index contributed by atoms with van der Waals surface area (Å²) < 4.78 is 27.4. The van der Waals surface area contributed by atoms with Gasteiger partial charge in [0, 0.05) is 18.8 Å². The molecule has 0 saturated carbocycles. The number of anilines is 1. The highest BCUT2D eigenvalue weighted by Gasteiger charge is 2.28. The van der Waals surface area contributed by atoms with Gasteiger partial charge in [-0.25, -0.2) is 8.42 Å². The highest BCUT2D eigenvalue weighted by molar-refractivity contribution is 7.89. The van der Waals surface area contributed by atoms with E-state index < -0.39 is 15.9 Å². The maximum absolute atomic E-state index is 13.2. The van der Waals surface area contributed by atoms with Crippen molar-refractivity contribution in [3.05, 3.63) is 96.1 Å². The number of piperidine rings is 1. The minimum Gasteiger partial charge on any atom is -0.332 e. The van der Waals surface area contributed by atoms with E-state index in [0.29, 0.717) is 24.7 Å². The monoisotopic (exact) mass is 507 g/mol. The second-order valence-electron chi connectivity index (χ2n) is 8.81. The molecule has 1 saturated heterocycles. The predicted octanol–water partition coefficient (Wildman–Crippen LogP) is 4.75. The Morgan fingerprint density at radius 1 is 0.886 bits per heavy atom. The Morgan fingerprint density at radius 3 is 1.91 bits per heavy atom. The predicted molar refractivity (Wildman–Crippen MR) is 143 cm³/mol. The van der Waals surface area contributed by atoms with E-state index in [1.807, 2.05) is 60.7 Å². The molecule has 0 atom stereocenters. The van der Waals surface area contributed by atoms with Crippen LogP contribution in [0.1, 0.15) is 36.8 Å². The van der Waals surface area contributed by atoms with E-state index in [-0.39, 0.29) is 15.9 Å². The van der Waals surface area contributed by atoms with Crippen molar-refractivity contribution in [2.75, 3.05) is 18.4 Å². The van der Waals surface area contributed by atoms with Crippen LogP contribution in [0.2, 0.25) is 0 Å². The third-order valence-electron chi connectivity index (χ3n) is 6.26. The molecule has 0 spiro atoms.